The molecule has 0 unspecified atom stereocenters. The van der Waals surface area contributed by atoms with E-state index in [0.717, 1.165) is 6.07 Å². The monoisotopic (exact) mass is 414 g/mol. The summed E-state index contributed by atoms with van der Waals surface area (Å²) >= 11 is 0. The Morgan fingerprint density at radius 3 is 2.54 bits per heavy atom. The maximum atomic E-state index is 12.7. The van der Waals surface area contributed by atoms with E-state index in [2.05, 4.69) is 9.46 Å². The van der Waals surface area contributed by atoms with Gasteiger partial charge in [-0.3, -0.25) is 9.52 Å². The number of rotatable bonds is 4. The number of halogens is 3. The van der Waals surface area contributed by atoms with E-state index in [0.29, 0.717) is 17.7 Å². The topological polar surface area (TPSA) is 75.7 Å². The number of ether oxygens (including phenoxy) is 1. The van der Waals surface area contributed by atoms with Gasteiger partial charge < -0.3 is 9.64 Å². The van der Waals surface area contributed by atoms with Crippen molar-refractivity contribution < 1.29 is 31.1 Å². The van der Waals surface area contributed by atoms with E-state index in [1.54, 1.807) is 4.90 Å². The lowest BCUT2D eigenvalue weighted by atomic mass is 10.1. The van der Waals surface area contributed by atoms with Gasteiger partial charge in [-0.25, -0.2) is 8.42 Å². The predicted octanol–water partition coefficient (Wildman–Crippen LogP) is 3.68. The second-order valence-electron chi connectivity index (χ2n) is 6.38. The Bertz CT molecular complexity index is 1020. The van der Waals surface area contributed by atoms with Crippen molar-refractivity contribution in [3.63, 3.8) is 0 Å². The Morgan fingerprint density at radius 1 is 1.21 bits per heavy atom. The number of nitrogens with one attached hydrogen (secondary N) is 1. The van der Waals surface area contributed by atoms with Crippen LogP contribution in [0.2, 0.25) is 0 Å². The molecule has 1 atom stereocenters. The molecule has 0 fully saturated rings. The average Bonchev–Trinajstić information content (AvgIpc) is 2.90. The minimum Gasteiger partial charge on any atom is -0.404 e. The molecule has 1 heterocycles. The molecule has 0 aliphatic carbocycles. The quantitative estimate of drug-likeness (QED) is 0.828. The number of alkyl halides is 3. The second-order valence-corrected chi connectivity index (χ2v) is 8.06. The number of amides is 1. The largest absolute Gasteiger partial charge is 0.573 e. The Kier molecular flexibility index (Phi) is 5.00. The first-order chi connectivity index (χ1) is 13.0. The Labute approximate surface area is 160 Å². The van der Waals surface area contributed by atoms with Gasteiger partial charge in [-0.1, -0.05) is 12.1 Å². The summed E-state index contributed by atoms with van der Waals surface area (Å²) in [6.45, 7) is 3.27. The minimum absolute atomic E-state index is 0.112. The molecule has 28 heavy (non-hydrogen) atoms. The molecule has 1 N–H and O–H groups in total. The van der Waals surface area contributed by atoms with Gasteiger partial charge in [0.05, 0.1) is 10.6 Å². The number of nitrogens with zero attached hydrogens (tertiary/aromatic N) is 1. The van der Waals surface area contributed by atoms with E-state index >= 15 is 0 Å². The molecule has 6 nitrogen and oxygen atoms in total. The standard InChI is InChI=1S/C18H17F3N2O4S/c1-11-9-13-10-14(7-8-16(13)23(11)12(2)24)28(25,26)22-15-5-3-4-6-17(15)27-18(19,20)21/h3-8,10-11,22H,9H2,1-2H3/t11-/m1/s1. The third-order valence-corrected chi connectivity index (χ3v) is 5.64. The van der Waals surface area contributed by atoms with Gasteiger partial charge in [-0.15, -0.1) is 13.2 Å². The number of sulfonamides is 1. The van der Waals surface area contributed by atoms with E-state index < -0.39 is 22.1 Å². The van der Waals surface area contributed by atoms with Crippen molar-refractivity contribution in [2.24, 2.45) is 0 Å². The zero-order valence-electron chi connectivity index (χ0n) is 14.9. The summed E-state index contributed by atoms with van der Waals surface area (Å²) in [7, 11) is -4.17. The molecule has 0 saturated heterocycles. The lowest BCUT2D eigenvalue weighted by Crippen LogP contribution is -2.33. The fourth-order valence-electron chi connectivity index (χ4n) is 3.22. The van der Waals surface area contributed by atoms with Crippen molar-refractivity contribution in [3.8, 4) is 5.75 Å². The Hall–Kier alpha value is -2.75. The first-order valence-corrected chi connectivity index (χ1v) is 9.76. The number of carbonyl (C=O) groups excluding carboxylic acids is 1. The van der Waals surface area contributed by atoms with E-state index in [4.69, 9.17) is 0 Å². The van der Waals surface area contributed by atoms with Crippen LogP contribution in [-0.4, -0.2) is 26.7 Å². The van der Waals surface area contributed by atoms with Gasteiger partial charge in [0.25, 0.3) is 10.0 Å². The molecule has 2 aromatic carbocycles. The van der Waals surface area contributed by atoms with Crippen LogP contribution >= 0.6 is 0 Å². The van der Waals surface area contributed by atoms with Crippen molar-refractivity contribution in [1.82, 2.24) is 0 Å². The summed E-state index contributed by atoms with van der Waals surface area (Å²) in [5, 5.41) is 0. The van der Waals surface area contributed by atoms with Gasteiger partial charge >= 0.3 is 6.36 Å². The van der Waals surface area contributed by atoms with E-state index in [1.165, 1.54) is 43.3 Å². The fourth-order valence-corrected chi connectivity index (χ4v) is 4.34. The highest BCUT2D eigenvalue weighted by Crippen LogP contribution is 2.35. The van der Waals surface area contributed by atoms with Crippen LogP contribution in [0.25, 0.3) is 0 Å². The average molecular weight is 414 g/mol. The van der Waals surface area contributed by atoms with Crippen LogP contribution in [0.3, 0.4) is 0 Å². The molecular formula is C18H17F3N2O4S. The lowest BCUT2D eigenvalue weighted by molar-refractivity contribution is -0.274. The van der Waals surface area contributed by atoms with Crippen LogP contribution in [0, 0.1) is 0 Å². The van der Waals surface area contributed by atoms with Gasteiger partial charge in [0.2, 0.25) is 5.91 Å². The van der Waals surface area contributed by atoms with Crippen LogP contribution < -0.4 is 14.4 Å². The number of hydrogen-bond acceptors (Lipinski definition) is 4. The van der Waals surface area contributed by atoms with Gasteiger partial charge in [-0.05, 0) is 49.2 Å². The summed E-state index contributed by atoms with van der Waals surface area (Å²) in [6, 6.07) is 9.01. The molecule has 1 aliphatic rings. The first-order valence-electron chi connectivity index (χ1n) is 8.28. The minimum atomic E-state index is -4.96. The molecule has 0 radical (unpaired) electrons. The van der Waals surface area contributed by atoms with Crippen molar-refractivity contribution in [2.75, 3.05) is 9.62 Å². The maximum Gasteiger partial charge on any atom is 0.573 e. The molecule has 0 bridgehead atoms. The SMILES string of the molecule is CC(=O)N1c2ccc(S(=O)(=O)Nc3ccccc3OC(F)(F)F)cc2C[C@H]1C. The molecule has 3 rings (SSSR count). The van der Waals surface area contributed by atoms with Crippen molar-refractivity contribution in [1.29, 1.82) is 0 Å². The van der Waals surface area contributed by atoms with Crippen molar-refractivity contribution >= 4 is 27.3 Å². The summed E-state index contributed by atoms with van der Waals surface area (Å²) in [6.07, 6.45) is -4.48. The zero-order valence-corrected chi connectivity index (χ0v) is 15.8. The smallest absolute Gasteiger partial charge is 0.404 e. The van der Waals surface area contributed by atoms with Crippen LogP contribution in [0.5, 0.6) is 5.75 Å². The zero-order chi connectivity index (χ0) is 20.7. The van der Waals surface area contributed by atoms with Gasteiger partial charge in [0, 0.05) is 18.7 Å². The van der Waals surface area contributed by atoms with Crippen LogP contribution in [-0.2, 0) is 21.2 Å². The number of carbonyl (C=O) groups is 1. The van der Waals surface area contributed by atoms with Gasteiger partial charge in [0.15, 0.2) is 5.75 Å². The molecule has 2 aromatic rings. The van der Waals surface area contributed by atoms with Crippen LogP contribution in [0.1, 0.15) is 19.4 Å². The summed E-state index contributed by atoms with van der Waals surface area (Å²) < 4.78 is 69.0. The lowest BCUT2D eigenvalue weighted by Gasteiger charge is -2.20. The van der Waals surface area contributed by atoms with Crippen LogP contribution in [0.15, 0.2) is 47.4 Å². The molecule has 1 aliphatic heterocycles. The molecule has 0 spiro atoms. The highest BCUT2D eigenvalue weighted by Gasteiger charge is 2.33. The number of hydrogen-bond donors (Lipinski definition) is 1. The summed E-state index contributed by atoms with van der Waals surface area (Å²) in [5.41, 5.74) is 0.962. The Balaban J connectivity index is 1.92. The number of anilines is 2. The first kappa shape index (κ1) is 20.0. The third-order valence-electron chi connectivity index (χ3n) is 4.27. The predicted molar refractivity (Wildman–Crippen MR) is 96.7 cm³/mol. The molecule has 10 heteroatoms. The summed E-state index contributed by atoms with van der Waals surface area (Å²) in [5.74, 6) is -0.811. The Morgan fingerprint density at radius 2 is 1.89 bits per heavy atom. The molecule has 0 saturated carbocycles. The van der Waals surface area contributed by atoms with E-state index in [-0.39, 0.29) is 22.5 Å². The van der Waals surface area contributed by atoms with Gasteiger partial charge in [-0.2, -0.15) is 0 Å². The third kappa shape index (κ3) is 4.06. The molecule has 150 valence electrons. The van der Waals surface area contributed by atoms with E-state index in [1.807, 2.05) is 6.92 Å². The highest BCUT2D eigenvalue weighted by molar-refractivity contribution is 7.92. The number of para-hydroxylation sites is 2. The maximum absolute atomic E-state index is 12.7. The number of fused-ring (bicyclic) bond motifs is 1. The van der Waals surface area contributed by atoms with E-state index in [9.17, 15) is 26.4 Å². The van der Waals surface area contributed by atoms with Crippen molar-refractivity contribution in [2.45, 2.75) is 37.6 Å². The molecule has 1 amide bonds. The molecular weight excluding hydrogens is 397 g/mol. The molecule has 0 aromatic heterocycles. The fraction of sp³-hybridized carbons (Fsp3) is 0.278. The van der Waals surface area contributed by atoms with Crippen LogP contribution in [0.4, 0.5) is 24.5 Å². The number of benzene rings is 2. The second kappa shape index (κ2) is 7.01. The highest BCUT2D eigenvalue weighted by atomic mass is 32.2. The summed E-state index contributed by atoms with van der Waals surface area (Å²) in [4.78, 5) is 13.2. The van der Waals surface area contributed by atoms with Crippen molar-refractivity contribution in [3.05, 3.63) is 48.0 Å². The normalized spacial score (nSPS) is 16.6. The van der Waals surface area contributed by atoms with Gasteiger partial charge in [0.1, 0.15) is 0 Å².